The molecule has 1 amide bonds. The fourth-order valence-electron chi connectivity index (χ4n) is 3.00. The Labute approximate surface area is 123 Å². The van der Waals surface area contributed by atoms with Crippen LogP contribution in [0, 0.1) is 11.3 Å². The summed E-state index contributed by atoms with van der Waals surface area (Å²) < 4.78 is 0. The van der Waals surface area contributed by atoms with Crippen molar-refractivity contribution in [3.8, 4) is 6.07 Å². The van der Waals surface area contributed by atoms with Crippen molar-refractivity contribution in [1.82, 2.24) is 10.3 Å². The van der Waals surface area contributed by atoms with E-state index < -0.39 is 5.54 Å². The molecule has 4 heteroatoms. The van der Waals surface area contributed by atoms with Crippen LogP contribution in [-0.4, -0.2) is 16.4 Å². The molecule has 1 saturated carbocycles. The van der Waals surface area contributed by atoms with Crippen LogP contribution in [0.4, 0.5) is 0 Å². The van der Waals surface area contributed by atoms with Gasteiger partial charge in [-0.25, -0.2) is 0 Å². The minimum Gasteiger partial charge on any atom is -0.334 e. The van der Waals surface area contributed by atoms with Gasteiger partial charge in [0.15, 0.2) is 0 Å². The Balaban J connectivity index is 1.92. The number of carbonyl (C=O) groups excluding carboxylic acids is 1. The van der Waals surface area contributed by atoms with Crippen LogP contribution in [0.2, 0.25) is 0 Å². The Kier molecular flexibility index (Phi) is 3.57. The quantitative estimate of drug-likeness (QED) is 0.918. The highest BCUT2D eigenvalue weighted by atomic mass is 16.1. The van der Waals surface area contributed by atoms with E-state index in [1.54, 1.807) is 12.3 Å². The number of nitrogens with zero attached hydrogens (tertiary/aromatic N) is 2. The van der Waals surface area contributed by atoms with Crippen LogP contribution in [-0.2, 0) is 0 Å². The largest absolute Gasteiger partial charge is 0.334 e. The van der Waals surface area contributed by atoms with Gasteiger partial charge in [0.1, 0.15) is 5.54 Å². The second-order valence-corrected chi connectivity index (χ2v) is 5.58. The van der Waals surface area contributed by atoms with Crippen LogP contribution in [0.5, 0.6) is 0 Å². The van der Waals surface area contributed by atoms with Gasteiger partial charge >= 0.3 is 0 Å². The normalized spacial score (nSPS) is 17.1. The molecule has 2 aromatic rings. The number of rotatable bonds is 2. The number of fused-ring (bicyclic) bond motifs is 1. The number of benzene rings is 1. The number of hydrogen-bond acceptors (Lipinski definition) is 3. The standard InChI is InChI=1S/C17H17N3O/c18-12-17(9-4-1-5-10-17)20-16(21)14-8-11-19-15-7-3-2-6-13(14)15/h2-3,6-8,11H,1,4-5,9-10H2,(H,20,21). The molecule has 0 saturated heterocycles. The van der Waals surface area contributed by atoms with Crippen molar-refractivity contribution in [2.24, 2.45) is 0 Å². The van der Waals surface area contributed by atoms with Gasteiger partial charge in [-0.1, -0.05) is 37.5 Å². The minimum atomic E-state index is -0.709. The highest BCUT2D eigenvalue weighted by Crippen LogP contribution is 2.28. The van der Waals surface area contributed by atoms with E-state index in [0.717, 1.165) is 43.0 Å². The van der Waals surface area contributed by atoms with Crippen LogP contribution in [0.3, 0.4) is 0 Å². The SMILES string of the molecule is N#CC1(NC(=O)c2ccnc3ccccc23)CCCCC1. The van der Waals surface area contributed by atoms with E-state index in [9.17, 15) is 10.1 Å². The molecule has 106 valence electrons. The van der Waals surface area contributed by atoms with E-state index in [1.807, 2.05) is 24.3 Å². The maximum atomic E-state index is 12.6. The van der Waals surface area contributed by atoms with Crippen molar-refractivity contribution < 1.29 is 4.79 Å². The molecule has 1 aromatic heterocycles. The topological polar surface area (TPSA) is 65.8 Å². The summed E-state index contributed by atoms with van der Waals surface area (Å²) in [5, 5.41) is 13.3. The van der Waals surface area contributed by atoms with Crippen molar-refractivity contribution in [1.29, 1.82) is 5.26 Å². The fourth-order valence-corrected chi connectivity index (χ4v) is 3.00. The number of carbonyl (C=O) groups is 1. The molecule has 4 nitrogen and oxygen atoms in total. The summed E-state index contributed by atoms with van der Waals surface area (Å²) in [6.07, 6.45) is 6.22. The summed E-state index contributed by atoms with van der Waals surface area (Å²) in [4.78, 5) is 16.9. The number of amides is 1. The van der Waals surface area contributed by atoms with E-state index in [1.165, 1.54) is 0 Å². The Morgan fingerprint density at radius 1 is 1.19 bits per heavy atom. The molecule has 1 aromatic carbocycles. The molecule has 0 radical (unpaired) electrons. The summed E-state index contributed by atoms with van der Waals surface area (Å²) in [5.41, 5.74) is 0.667. The predicted octanol–water partition coefficient (Wildman–Crippen LogP) is 3.19. The summed E-state index contributed by atoms with van der Waals surface area (Å²) >= 11 is 0. The van der Waals surface area contributed by atoms with Crippen molar-refractivity contribution in [2.45, 2.75) is 37.6 Å². The fraction of sp³-hybridized carbons (Fsp3) is 0.353. The van der Waals surface area contributed by atoms with Crippen molar-refractivity contribution >= 4 is 16.8 Å². The minimum absolute atomic E-state index is 0.183. The molecule has 0 unspecified atom stereocenters. The van der Waals surface area contributed by atoms with Gasteiger partial charge in [-0.15, -0.1) is 0 Å². The van der Waals surface area contributed by atoms with Gasteiger partial charge in [0, 0.05) is 11.6 Å². The second-order valence-electron chi connectivity index (χ2n) is 5.58. The molecule has 3 rings (SSSR count). The zero-order valence-corrected chi connectivity index (χ0v) is 11.8. The van der Waals surface area contributed by atoms with Gasteiger partial charge in [-0.05, 0) is 25.0 Å². The van der Waals surface area contributed by atoms with Gasteiger partial charge in [0.2, 0.25) is 0 Å². The maximum absolute atomic E-state index is 12.6. The van der Waals surface area contributed by atoms with E-state index in [0.29, 0.717) is 5.56 Å². The number of para-hydroxylation sites is 1. The lowest BCUT2D eigenvalue weighted by Gasteiger charge is -2.31. The Bertz CT molecular complexity index is 706. The third kappa shape index (κ3) is 2.59. The lowest BCUT2D eigenvalue weighted by molar-refractivity contribution is 0.0904. The molecule has 0 atom stereocenters. The molecule has 1 N–H and O–H groups in total. The molecule has 1 fully saturated rings. The third-order valence-electron chi connectivity index (χ3n) is 4.17. The summed E-state index contributed by atoms with van der Waals surface area (Å²) in [5.74, 6) is -0.183. The van der Waals surface area contributed by atoms with Crippen molar-refractivity contribution in [2.75, 3.05) is 0 Å². The molecule has 0 aliphatic heterocycles. The number of pyridine rings is 1. The average molecular weight is 279 g/mol. The van der Waals surface area contributed by atoms with Gasteiger partial charge in [0.25, 0.3) is 5.91 Å². The highest BCUT2D eigenvalue weighted by molar-refractivity contribution is 6.06. The summed E-state index contributed by atoms with van der Waals surface area (Å²) in [7, 11) is 0. The molecule has 21 heavy (non-hydrogen) atoms. The van der Waals surface area contributed by atoms with Crippen LogP contribution >= 0.6 is 0 Å². The third-order valence-corrected chi connectivity index (χ3v) is 4.17. The Morgan fingerprint density at radius 2 is 1.95 bits per heavy atom. The highest BCUT2D eigenvalue weighted by Gasteiger charge is 2.34. The van der Waals surface area contributed by atoms with Crippen molar-refractivity contribution in [3.05, 3.63) is 42.1 Å². The number of nitriles is 1. The number of hydrogen-bond donors (Lipinski definition) is 1. The van der Waals surface area contributed by atoms with Crippen LogP contribution in [0.15, 0.2) is 36.5 Å². The van der Waals surface area contributed by atoms with Gasteiger partial charge < -0.3 is 5.32 Å². The van der Waals surface area contributed by atoms with E-state index >= 15 is 0 Å². The van der Waals surface area contributed by atoms with Crippen LogP contribution < -0.4 is 5.32 Å². The molecule has 1 heterocycles. The van der Waals surface area contributed by atoms with E-state index in [2.05, 4.69) is 16.4 Å². The first-order chi connectivity index (χ1) is 10.2. The first-order valence-corrected chi connectivity index (χ1v) is 7.32. The van der Waals surface area contributed by atoms with E-state index in [4.69, 9.17) is 0 Å². The van der Waals surface area contributed by atoms with Gasteiger partial charge in [-0.3, -0.25) is 9.78 Å². The average Bonchev–Trinajstić information content (AvgIpc) is 2.55. The molecule has 1 aliphatic rings. The molecular weight excluding hydrogens is 262 g/mol. The molecule has 0 bridgehead atoms. The molecule has 1 aliphatic carbocycles. The van der Waals surface area contributed by atoms with E-state index in [-0.39, 0.29) is 5.91 Å². The lowest BCUT2D eigenvalue weighted by atomic mass is 9.82. The molecule has 0 spiro atoms. The van der Waals surface area contributed by atoms with Gasteiger partial charge in [0.05, 0.1) is 17.1 Å². The number of aromatic nitrogens is 1. The maximum Gasteiger partial charge on any atom is 0.253 e. The smallest absolute Gasteiger partial charge is 0.253 e. The zero-order chi connectivity index (χ0) is 14.7. The number of nitrogens with one attached hydrogen (secondary N) is 1. The summed E-state index contributed by atoms with van der Waals surface area (Å²) in [6, 6.07) is 11.6. The van der Waals surface area contributed by atoms with Gasteiger partial charge in [-0.2, -0.15) is 5.26 Å². The van der Waals surface area contributed by atoms with Crippen LogP contribution in [0.25, 0.3) is 10.9 Å². The van der Waals surface area contributed by atoms with Crippen LogP contribution in [0.1, 0.15) is 42.5 Å². The second kappa shape index (κ2) is 5.53. The first-order valence-electron chi connectivity index (χ1n) is 7.32. The molecular formula is C17H17N3O. The Morgan fingerprint density at radius 3 is 2.71 bits per heavy atom. The van der Waals surface area contributed by atoms with Crippen molar-refractivity contribution in [3.63, 3.8) is 0 Å². The Hall–Kier alpha value is -2.41. The lowest BCUT2D eigenvalue weighted by Crippen LogP contribution is -2.48. The summed E-state index contributed by atoms with van der Waals surface area (Å²) in [6.45, 7) is 0. The zero-order valence-electron chi connectivity index (χ0n) is 11.8. The monoisotopic (exact) mass is 279 g/mol. The predicted molar refractivity (Wildman–Crippen MR) is 80.6 cm³/mol. The first kappa shape index (κ1) is 13.6.